The Morgan fingerprint density at radius 2 is 1.86 bits per heavy atom. The summed E-state index contributed by atoms with van der Waals surface area (Å²) in [5.74, 6) is 2.73. The highest BCUT2D eigenvalue weighted by Crippen LogP contribution is 2.28. The third-order valence-corrected chi connectivity index (χ3v) is 5.82. The van der Waals surface area contributed by atoms with Crippen molar-refractivity contribution in [1.82, 2.24) is 15.5 Å². The number of piperidine rings is 1. The Morgan fingerprint density at radius 3 is 2.52 bits per heavy atom. The van der Waals surface area contributed by atoms with Crippen LogP contribution in [0.4, 0.5) is 0 Å². The molecule has 0 bridgehead atoms. The van der Waals surface area contributed by atoms with Gasteiger partial charge in [-0.3, -0.25) is 9.89 Å². The van der Waals surface area contributed by atoms with Crippen molar-refractivity contribution in [3.63, 3.8) is 0 Å². The Bertz CT molecular complexity index is 742. The van der Waals surface area contributed by atoms with E-state index in [1.165, 1.54) is 12.0 Å². The first-order valence-electron chi connectivity index (χ1n) is 10.6. The summed E-state index contributed by atoms with van der Waals surface area (Å²) in [6.45, 7) is 6.35. The van der Waals surface area contributed by atoms with E-state index in [4.69, 9.17) is 9.41 Å². The lowest BCUT2D eigenvalue weighted by Crippen LogP contribution is -2.49. The Kier molecular flexibility index (Phi) is 8.41. The molecule has 2 fully saturated rings. The highest BCUT2D eigenvalue weighted by molar-refractivity contribution is 14.0. The smallest absolute Gasteiger partial charge is 0.191 e. The number of nitrogens with one attached hydrogen (secondary N) is 2. The molecule has 2 N–H and O–H groups in total. The van der Waals surface area contributed by atoms with Gasteiger partial charge in [-0.2, -0.15) is 0 Å². The van der Waals surface area contributed by atoms with E-state index in [2.05, 4.69) is 52.8 Å². The summed E-state index contributed by atoms with van der Waals surface area (Å²) in [6.07, 6.45) is 6.13. The minimum absolute atomic E-state index is 0. The van der Waals surface area contributed by atoms with Crippen LogP contribution in [0, 0.1) is 5.92 Å². The average molecular weight is 508 g/mol. The molecule has 2 atom stereocenters. The van der Waals surface area contributed by atoms with Gasteiger partial charge < -0.3 is 15.1 Å². The highest BCUT2D eigenvalue weighted by Gasteiger charge is 2.33. The molecule has 158 valence electrons. The average Bonchev–Trinajstić information content (AvgIpc) is 3.17. The number of likely N-dealkylation sites (tertiary alicyclic amines) is 1. The van der Waals surface area contributed by atoms with Gasteiger partial charge >= 0.3 is 0 Å². The Hall–Kier alpha value is -1.54. The summed E-state index contributed by atoms with van der Waals surface area (Å²) < 4.78 is 5.42. The molecule has 6 heteroatoms. The van der Waals surface area contributed by atoms with Crippen LogP contribution in [-0.4, -0.2) is 42.6 Å². The molecule has 2 aliphatic rings. The molecule has 2 aromatic rings. The first kappa shape index (κ1) is 22.2. The fourth-order valence-electron chi connectivity index (χ4n) is 3.83. The largest absolute Gasteiger partial charge is 0.469 e. The van der Waals surface area contributed by atoms with Crippen molar-refractivity contribution in [1.29, 1.82) is 0 Å². The topological polar surface area (TPSA) is 52.8 Å². The molecule has 1 saturated heterocycles. The van der Waals surface area contributed by atoms with E-state index in [1.807, 2.05) is 12.1 Å². The van der Waals surface area contributed by atoms with Crippen LogP contribution in [0.25, 0.3) is 0 Å². The second-order valence-corrected chi connectivity index (χ2v) is 8.20. The van der Waals surface area contributed by atoms with E-state index in [9.17, 15) is 0 Å². The van der Waals surface area contributed by atoms with Gasteiger partial charge in [-0.05, 0) is 42.9 Å². The third kappa shape index (κ3) is 7.03. The van der Waals surface area contributed by atoms with Crippen molar-refractivity contribution < 1.29 is 4.42 Å². The van der Waals surface area contributed by atoms with E-state index in [0.29, 0.717) is 12.1 Å². The fourth-order valence-corrected chi connectivity index (χ4v) is 3.83. The summed E-state index contributed by atoms with van der Waals surface area (Å²) >= 11 is 0. The number of rotatable bonds is 7. The number of aliphatic imine (C=N–C) groups is 1. The predicted octanol–water partition coefficient (Wildman–Crippen LogP) is 4.05. The molecule has 0 amide bonds. The number of nitrogens with zero attached hydrogens (tertiary/aromatic N) is 2. The van der Waals surface area contributed by atoms with Gasteiger partial charge in [-0.25, -0.2) is 0 Å². The van der Waals surface area contributed by atoms with E-state index >= 15 is 0 Å². The van der Waals surface area contributed by atoms with Gasteiger partial charge in [0.1, 0.15) is 5.76 Å². The molecule has 1 saturated carbocycles. The maximum absolute atomic E-state index is 5.42. The van der Waals surface area contributed by atoms with Crippen LogP contribution < -0.4 is 10.6 Å². The Morgan fingerprint density at radius 1 is 1.10 bits per heavy atom. The SMILES string of the molecule is CC1CC1NC(=NCCc1ccco1)NC1CCN(Cc2ccccc2)CC1.I. The molecule has 2 unspecified atom stereocenters. The number of benzene rings is 1. The van der Waals surface area contributed by atoms with E-state index in [-0.39, 0.29) is 24.0 Å². The molecule has 5 nitrogen and oxygen atoms in total. The maximum atomic E-state index is 5.42. The molecule has 1 aromatic carbocycles. The summed E-state index contributed by atoms with van der Waals surface area (Å²) in [7, 11) is 0. The molecular weight excluding hydrogens is 475 g/mol. The lowest BCUT2D eigenvalue weighted by atomic mass is 10.0. The Labute approximate surface area is 191 Å². The van der Waals surface area contributed by atoms with Gasteiger partial charge in [0.05, 0.1) is 6.26 Å². The molecule has 29 heavy (non-hydrogen) atoms. The number of guanidine groups is 1. The molecule has 2 heterocycles. The zero-order valence-corrected chi connectivity index (χ0v) is 19.5. The summed E-state index contributed by atoms with van der Waals surface area (Å²) in [5, 5.41) is 7.31. The molecule has 0 spiro atoms. The second kappa shape index (κ2) is 11.0. The van der Waals surface area contributed by atoms with Crippen molar-refractivity contribution in [2.24, 2.45) is 10.9 Å². The number of hydrogen-bond donors (Lipinski definition) is 2. The first-order chi connectivity index (χ1) is 13.8. The standard InChI is InChI=1S/C23H32N4O.HI/c1-18-16-22(18)26-23(24-12-9-21-8-5-15-28-21)25-20-10-13-27(14-11-20)17-19-6-3-2-4-7-19;/h2-8,15,18,20,22H,9-14,16-17H2,1H3,(H2,24,25,26);1H. The summed E-state index contributed by atoms with van der Waals surface area (Å²) in [6, 6.07) is 15.8. The number of halogens is 1. The predicted molar refractivity (Wildman–Crippen MR) is 129 cm³/mol. The van der Waals surface area contributed by atoms with Crippen LogP contribution in [-0.2, 0) is 13.0 Å². The Balaban J connectivity index is 0.00000240. The van der Waals surface area contributed by atoms with Crippen molar-refractivity contribution in [3.05, 3.63) is 60.1 Å². The van der Waals surface area contributed by atoms with E-state index < -0.39 is 0 Å². The van der Waals surface area contributed by atoms with E-state index in [0.717, 1.165) is 63.1 Å². The van der Waals surface area contributed by atoms with Crippen LogP contribution in [0.1, 0.15) is 37.5 Å². The van der Waals surface area contributed by atoms with Crippen LogP contribution in [0.2, 0.25) is 0 Å². The monoisotopic (exact) mass is 508 g/mol. The zero-order valence-electron chi connectivity index (χ0n) is 17.2. The quantitative estimate of drug-likeness (QED) is 0.337. The third-order valence-electron chi connectivity index (χ3n) is 5.82. The molecular formula is C23H33IN4O. The van der Waals surface area contributed by atoms with Crippen LogP contribution in [0.15, 0.2) is 58.1 Å². The van der Waals surface area contributed by atoms with Crippen LogP contribution >= 0.6 is 24.0 Å². The highest BCUT2D eigenvalue weighted by atomic mass is 127. The molecule has 4 rings (SSSR count). The van der Waals surface area contributed by atoms with Gasteiger partial charge in [-0.1, -0.05) is 37.3 Å². The van der Waals surface area contributed by atoms with E-state index in [1.54, 1.807) is 6.26 Å². The van der Waals surface area contributed by atoms with Crippen molar-refractivity contribution >= 4 is 29.9 Å². The maximum Gasteiger partial charge on any atom is 0.191 e. The van der Waals surface area contributed by atoms with Gasteiger partial charge in [0.25, 0.3) is 0 Å². The summed E-state index contributed by atoms with van der Waals surface area (Å²) in [4.78, 5) is 7.37. The molecule has 1 aliphatic heterocycles. The lowest BCUT2D eigenvalue weighted by molar-refractivity contribution is 0.198. The van der Waals surface area contributed by atoms with Gasteiger partial charge in [0, 0.05) is 44.7 Å². The van der Waals surface area contributed by atoms with Crippen LogP contribution in [0.5, 0.6) is 0 Å². The normalized spacial score (nSPS) is 22.7. The fraction of sp³-hybridized carbons (Fsp3) is 0.522. The number of furan rings is 1. The van der Waals surface area contributed by atoms with Crippen LogP contribution in [0.3, 0.4) is 0 Å². The van der Waals surface area contributed by atoms with Crippen molar-refractivity contribution in [3.8, 4) is 0 Å². The van der Waals surface area contributed by atoms with Crippen molar-refractivity contribution in [2.75, 3.05) is 19.6 Å². The van der Waals surface area contributed by atoms with Gasteiger partial charge in [0.15, 0.2) is 5.96 Å². The minimum atomic E-state index is 0. The molecule has 0 radical (unpaired) electrons. The molecule has 1 aromatic heterocycles. The second-order valence-electron chi connectivity index (χ2n) is 8.20. The molecule has 1 aliphatic carbocycles. The van der Waals surface area contributed by atoms with Crippen molar-refractivity contribution in [2.45, 2.75) is 51.2 Å². The first-order valence-corrected chi connectivity index (χ1v) is 10.6. The summed E-state index contributed by atoms with van der Waals surface area (Å²) in [5.41, 5.74) is 1.40. The van der Waals surface area contributed by atoms with Gasteiger partial charge in [0.2, 0.25) is 0 Å². The zero-order chi connectivity index (χ0) is 19.2. The lowest BCUT2D eigenvalue weighted by Gasteiger charge is -2.33. The minimum Gasteiger partial charge on any atom is -0.469 e. The number of hydrogen-bond acceptors (Lipinski definition) is 3. The van der Waals surface area contributed by atoms with Gasteiger partial charge in [-0.15, -0.1) is 24.0 Å².